The molecule has 132 valence electrons. The third-order valence-corrected chi connectivity index (χ3v) is 4.12. The summed E-state index contributed by atoms with van der Waals surface area (Å²) in [6.07, 6.45) is 2.48. The summed E-state index contributed by atoms with van der Waals surface area (Å²) < 4.78 is 5.48. The van der Waals surface area contributed by atoms with Gasteiger partial charge in [-0.1, -0.05) is 43.7 Å². The molecular weight excluding hydrogens is 320 g/mol. The van der Waals surface area contributed by atoms with Crippen LogP contribution in [0.3, 0.4) is 0 Å². The quantitative estimate of drug-likeness (QED) is 0.811. The van der Waals surface area contributed by atoms with Gasteiger partial charge in [-0.25, -0.2) is 4.98 Å². The number of aromatic nitrogens is 2. The highest BCUT2D eigenvalue weighted by Gasteiger charge is 2.35. The molecule has 0 saturated heterocycles. The van der Waals surface area contributed by atoms with Crippen LogP contribution in [0.1, 0.15) is 32.3 Å². The van der Waals surface area contributed by atoms with E-state index in [0.29, 0.717) is 31.1 Å². The minimum atomic E-state index is -0.434. The van der Waals surface area contributed by atoms with Gasteiger partial charge in [0.05, 0.1) is 13.0 Å². The van der Waals surface area contributed by atoms with Crippen LogP contribution in [0.15, 0.2) is 41.5 Å². The van der Waals surface area contributed by atoms with E-state index in [1.807, 2.05) is 47.1 Å². The SMILES string of the molecule is CCCC(OC(C)=O)N1CN(Cc2ccccc2)c2c1nc[nH]c2=O. The number of esters is 1. The Hall–Kier alpha value is -2.83. The minimum Gasteiger partial charge on any atom is -0.442 e. The Bertz CT molecular complexity index is 790. The van der Waals surface area contributed by atoms with Crippen molar-refractivity contribution in [1.82, 2.24) is 9.97 Å². The molecule has 0 aliphatic carbocycles. The van der Waals surface area contributed by atoms with Crippen molar-refractivity contribution in [2.24, 2.45) is 0 Å². The van der Waals surface area contributed by atoms with E-state index in [0.717, 1.165) is 12.0 Å². The van der Waals surface area contributed by atoms with Crippen molar-refractivity contribution in [3.63, 3.8) is 0 Å². The summed E-state index contributed by atoms with van der Waals surface area (Å²) in [6, 6.07) is 9.93. The molecule has 2 heterocycles. The van der Waals surface area contributed by atoms with E-state index in [-0.39, 0.29) is 11.5 Å². The Morgan fingerprint density at radius 1 is 1.36 bits per heavy atom. The summed E-state index contributed by atoms with van der Waals surface area (Å²) in [5.41, 5.74) is 1.42. The molecule has 7 nitrogen and oxygen atoms in total. The fraction of sp³-hybridized carbons (Fsp3) is 0.389. The maximum atomic E-state index is 12.4. The first kappa shape index (κ1) is 17.0. The van der Waals surface area contributed by atoms with Crippen molar-refractivity contribution in [3.05, 3.63) is 52.6 Å². The van der Waals surface area contributed by atoms with Crippen LogP contribution < -0.4 is 15.4 Å². The lowest BCUT2D eigenvalue weighted by molar-refractivity contribution is -0.146. The molecule has 0 bridgehead atoms. The first-order valence-electron chi connectivity index (χ1n) is 8.40. The van der Waals surface area contributed by atoms with E-state index in [1.54, 1.807) is 0 Å². The Morgan fingerprint density at radius 3 is 2.80 bits per heavy atom. The number of aromatic amines is 1. The van der Waals surface area contributed by atoms with Crippen molar-refractivity contribution in [3.8, 4) is 0 Å². The molecule has 1 atom stereocenters. The van der Waals surface area contributed by atoms with Crippen molar-refractivity contribution >= 4 is 17.5 Å². The van der Waals surface area contributed by atoms with Gasteiger partial charge in [-0.3, -0.25) is 9.59 Å². The zero-order valence-corrected chi connectivity index (χ0v) is 14.4. The molecule has 1 aliphatic heterocycles. The fourth-order valence-electron chi connectivity index (χ4n) is 3.08. The standard InChI is InChI=1S/C18H22N4O3/c1-3-7-15(25-13(2)23)22-12-21(10-14-8-5-4-6-9-14)16-17(22)19-11-20-18(16)24/h4-6,8-9,11,15H,3,7,10,12H2,1-2H3,(H,19,20,24). The van der Waals surface area contributed by atoms with Crippen LogP contribution in [0, 0.1) is 0 Å². The largest absolute Gasteiger partial charge is 0.442 e. The van der Waals surface area contributed by atoms with E-state index in [2.05, 4.69) is 9.97 Å². The number of hydrogen-bond donors (Lipinski definition) is 1. The Morgan fingerprint density at radius 2 is 2.12 bits per heavy atom. The number of anilines is 2. The fourth-order valence-corrected chi connectivity index (χ4v) is 3.08. The third-order valence-electron chi connectivity index (χ3n) is 4.12. The summed E-state index contributed by atoms with van der Waals surface area (Å²) >= 11 is 0. The molecule has 1 unspecified atom stereocenters. The van der Waals surface area contributed by atoms with Crippen LogP contribution in [-0.4, -0.2) is 28.8 Å². The molecule has 1 aromatic carbocycles. The second kappa shape index (κ2) is 7.38. The number of nitrogens with zero attached hydrogens (tertiary/aromatic N) is 3. The van der Waals surface area contributed by atoms with E-state index in [4.69, 9.17) is 4.74 Å². The smallest absolute Gasteiger partial charge is 0.304 e. The van der Waals surface area contributed by atoms with Gasteiger partial charge in [-0.2, -0.15) is 0 Å². The first-order valence-corrected chi connectivity index (χ1v) is 8.40. The average molecular weight is 342 g/mol. The van der Waals surface area contributed by atoms with Crippen molar-refractivity contribution < 1.29 is 9.53 Å². The minimum absolute atomic E-state index is 0.193. The number of rotatable bonds is 6. The molecule has 0 fully saturated rings. The van der Waals surface area contributed by atoms with Crippen molar-refractivity contribution in [1.29, 1.82) is 0 Å². The number of H-pyrrole nitrogens is 1. The van der Waals surface area contributed by atoms with E-state index in [9.17, 15) is 9.59 Å². The van der Waals surface area contributed by atoms with E-state index >= 15 is 0 Å². The molecule has 0 radical (unpaired) electrons. The maximum Gasteiger partial charge on any atom is 0.304 e. The molecule has 0 amide bonds. The lowest BCUT2D eigenvalue weighted by atomic mass is 10.2. The number of benzene rings is 1. The van der Waals surface area contributed by atoms with Crippen LogP contribution in [0.25, 0.3) is 0 Å². The molecule has 25 heavy (non-hydrogen) atoms. The van der Waals surface area contributed by atoms with E-state index < -0.39 is 6.23 Å². The Kier molecular flexibility index (Phi) is 5.02. The van der Waals surface area contributed by atoms with Gasteiger partial charge < -0.3 is 19.5 Å². The second-order valence-electron chi connectivity index (χ2n) is 6.05. The number of carbonyl (C=O) groups is 1. The highest BCUT2D eigenvalue weighted by Crippen LogP contribution is 2.34. The molecule has 7 heteroatoms. The number of carbonyl (C=O) groups excluding carboxylic acids is 1. The van der Waals surface area contributed by atoms with Crippen molar-refractivity contribution in [2.75, 3.05) is 16.5 Å². The van der Waals surface area contributed by atoms with Gasteiger partial charge in [-0.05, 0) is 5.56 Å². The summed E-state index contributed by atoms with van der Waals surface area (Å²) in [7, 11) is 0. The van der Waals surface area contributed by atoms with E-state index in [1.165, 1.54) is 13.3 Å². The van der Waals surface area contributed by atoms with Crippen molar-refractivity contribution in [2.45, 2.75) is 39.5 Å². The molecule has 0 saturated carbocycles. The molecule has 1 N–H and O–H groups in total. The summed E-state index contributed by atoms with van der Waals surface area (Å²) in [5.74, 6) is 0.214. The molecule has 1 aromatic heterocycles. The summed E-state index contributed by atoms with van der Waals surface area (Å²) in [6.45, 7) is 4.45. The van der Waals surface area contributed by atoms with Crippen LogP contribution >= 0.6 is 0 Å². The molecular formula is C18H22N4O3. The van der Waals surface area contributed by atoms with Gasteiger partial charge >= 0.3 is 5.97 Å². The molecule has 2 aromatic rings. The predicted octanol–water partition coefficient (Wildman–Crippen LogP) is 2.24. The highest BCUT2D eigenvalue weighted by molar-refractivity contribution is 5.72. The van der Waals surface area contributed by atoms with Crippen LogP contribution in [0.5, 0.6) is 0 Å². The molecule has 0 spiro atoms. The van der Waals surface area contributed by atoms with Gasteiger partial charge in [0, 0.05) is 19.9 Å². The number of ether oxygens (including phenoxy) is 1. The molecule has 1 aliphatic rings. The summed E-state index contributed by atoms with van der Waals surface area (Å²) in [5, 5.41) is 0. The van der Waals surface area contributed by atoms with Crippen LogP contribution in [0.2, 0.25) is 0 Å². The zero-order valence-electron chi connectivity index (χ0n) is 14.4. The lowest BCUT2D eigenvalue weighted by Gasteiger charge is -2.28. The third kappa shape index (κ3) is 3.65. The normalized spacial score (nSPS) is 14.3. The molecule has 3 rings (SSSR count). The van der Waals surface area contributed by atoms with Gasteiger partial charge in [-0.15, -0.1) is 0 Å². The number of hydrogen-bond acceptors (Lipinski definition) is 6. The monoisotopic (exact) mass is 342 g/mol. The lowest BCUT2D eigenvalue weighted by Crippen LogP contribution is -2.41. The van der Waals surface area contributed by atoms with Gasteiger partial charge in [0.15, 0.2) is 12.0 Å². The number of nitrogens with one attached hydrogen (secondary N) is 1. The zero-order chi connectivity index (χ0) is 17.8. The number of fused-ring (bicyclic) bond motifs is 1. The van der Waals surface area contributed by atoms with Gasteiger partial charge in [0.2, 0.25) is 0 Å². The van der Waals surface area contributed by atoms with Gasteiger partial charge in [0.25, 0.3) is 5.56 Å². The predicted molar refractivity (Wildman–Crippen MR) is 95.3 cm³/mol. The summed E-state index contributed by atoms with van der Waals surface area (Å²) in [4.78, 5) is 34.7. The maximum absolute atomic E-state index is 12.4. The van der Waals surface area contributed by atoms with Gasteiger partial charge in [0.1, 0.15) is 5.69 Å². The topological polar surface area (TPSA) is 78.5 Å². The Labute approximate surface area is 146 Å². The average Bonchev–Trinajstić information content (AvgIpc) is 2.95. The first-order chi connectivity index (χ1) is 12.1. The van der Waals surface area contributed by atoms with Crippen LogP contribution in [-0.2, 0) is 16.1 Å². The Balaban J connectivity index is 1.93. The van der Waals surface area contributed by atoms with Crippen LogP contribution in [0.4, 0.5) is 11.5 Å². The highest BCUT2D eigenvalue weighted by atomic mass is 16.6. The second-order valence-corrected chi connectivity index (χ2v) is 6.05.